The minimum atomic E-state index is -0.298. The van der Waals surface area contributed by atoms with Crippen molar-refractivity contribution in [2.75, 3.05) is 5.32 Å². The van der Waals surface area contributed by atoms with Gasteiger partial charge < -0.3 is 5.32 Å². The molecule has 2 aromatic heterocycles. The average molecular weight is 284 g/mol. The number of nitrogens with one attached hydrogen (secondary N) is 1. The first kappa shape index (κ1) is 12.8. The van der Waals surface area contributed by atoms with Crippen LogP contribution in [0.2, 0.25) is 5.02 Å². The number of hydrogen-bond acceptors (Lipinski definition) is 4. The van der Waals surface area contributed by atoms with Gasteiger partial charge in [-0.05, 0) is 19.1 Å². The first-order valence-corrected chi connectivity index (χ1v) is 6.38. The van der Waals surface area contributed by atoms with Gasteiger partial charge in [0.15, 0.2) is 0 Å². The van der Waals surface area contributed by atoms with Crippen molar-refractivity contribution in [3.8, 4) is 0 Å². The van der Waals surface area contributed by atoms with Gasteiger partial charge in [-0.3, -0.25) is 14.2 Å². The average Bonchev–Trinajstić information content (AvgIpc) is 2.64. The summed E-state index contributed by atoms with van der Waals surface area (Å²) in [4.78, 5) is 27.0. The maximum Gasteiger partial charge on any atom is 0.307 e. The van der Waals surface area contributed by atoms with E-state index in [1.165, 1.54) is 10.8 Å². The van der Waals surface area contributed by atoms with Crippen molar-refractivity contribution in [2.24, 2.45) is 0 Å². The number of aromatic nitrogens is 2. The highest BCUT2D eigenvalue weighted by Crippen LogP contribution is 2.09. The molecule has 0 saturated heterocycles. The van der Waals surface area contributed by atoms with Crippen molar-refractivity contribution in [1.29, 1.82) is 0 Å². The fourth-order valence-electron chi connectivity index (χ4n) is 1.37. The standard InChI is InChI=1S/C11H10ClN3O2S/c1-7-6-18-11(17)15(7)5-10(16)14-9-3-2-8(12)4-13-9/h2-4,6H,5H2,1H3,(H,13,14,16). The van der Waals surface area contributed by atoms with Gasteiger partial charge >= 0.3 is 4.87 Å². The molecular weight excluding hydrogens is 274 g/mol. The fourth-order valence-corrected chi connectivity index (χ4v) is 2.22. The summed E-state index contributed by atoms with van der Waals surface area (Å²) in [5, 5.41) is 4.81. The molecule has 0 atom stereocenters. The van der Waals surface area contributed by atoms with Gasteiger partial charge in [0.2, 0.25) is 5.91 Å². The van der Waals surface area contributed by atoms with Gasteiger partial charge in [-0.1, -0.05) is 22.9 Å². The van der Waals surface area contributed by atoms with Crippen LogP contribution in [-0.2, 0) is 11.3 Å². The summed E-state index contributed by atoms with van der Waals surface area (Å²) in [5.74, 6) is 0.110. The van der Waals surface area contributed by atoms with Crippen molar-refractivity contribution < 1.29 is 4.79 Å². The molecule has 0 spiro atoms. The van der Waals surface area contributed by atoms with Crippen LogP contribution in [-0.4, -0.2) is 15.5 Å². The number of halogens is 1. The van der Waals surface area contributed by atoms with E-state index in [0.29, 0.717) is 10.8 Å². The Labute approximate surface area is 112 Å². The molecule has 0 saturated carbocycles. The third-order valence-corrected chi connectivity index (χ3v) is 3.38. The highest BCUT2D eigenvalue weighted by Gasteiger charge is 2.08. The van der Waals surface area contributed by atoms with Crippen LogP contribution < -0.4 is 10.2 Å². The Bertz CT molecular complexity index is 618. The predicted octanol–water partition coefficient (Wildman–Crippen LogP) is 1.91. The summed E-state index contributed by atoms with van der Waals surface area (Å²) < 4.78 is 1.41. The zero-order chi connectivity index (χ0) is 13.1. The minimum Gasteiger partial charge on any atom is -0.309 e. The Morgan fingerprint density at radius 2 is 2.33 bits per heavy atom. The molecule has 7 heteroatoms. The Morgan fingerprint density at radius 3 is 2.89 bits per heavy atom. The molecule has 2 aromatic rings. The highest BCUT2D eigenvalue weighted by molar-refractivity contribution is 7.07. The lowest BCUT2D eigenvalue weighted by molar-refractivity contribution is -0.116. The third kappa shape index (κ3) is 2.96. The lowest BCUT2D eigenvalue weighted by Crippen LogP contribution is -2.25. The predicted molar refractivity (Wildman–Crippen MR) is 71.2 cm³/mol. The summed E-state index contributed by atoms with van der Waals surface area (Å²) in [5.41, 5.74) is 0.768. The van der Waals surface area contributed by atoms with E-state index in [1.54, 1.807) is 24.4 Å². The SMILES string of the molecule is Cc1csc(=O)n1CC(=O)Nc1ccc(Cl)cn1. The van der Waals surface area contributed by atoms with E-state index in [0.717, 1.165) is 17.0 Å². The zero-order valence-electron chi connectivity index (χ0n) is 9.51. The molecule has 0 aliphatic carbocycles. The maximum absolute atomic E-state index is 11.7. The van der Waals surface area contributed by atoms with Gasteiger partial charge in [-0.15, -0.1) is 0 Å². The molecule has 0 aromatic carbocycles. The quantitative estimate of drug-likeness (QED) is 0.936. The largest absolute Gasteiger partial charge is 0.309 e. The van der Waals surface area contributed by atoms with Crippen molar-refractivity contribution in [3.63, 3.8) is 0 Å². The van der Waals surface area contributed by atoms with Gasteiger partial charge in [0.1, 0.15) is 12.4 Å². The third-order valence-electron chi connectivity index (χ3n) is 2.27. The Morgan fingerprint density at radius 1 is 1.56 bits per heavy atom. The van der Waals surface area contributed by atoms with E-state index in [9.17, 15) is 9.59 Å². The van der Waals surface area contributed by atoms with E-state index in [4.69, 9.17) is 11.6 Å². The smallest absolute Gasteiger partial charge is 0.307 e. The first-order valence-electron chi connectivity index (χ1n) is 5.12. The highest BCUT2D eigenvalue weighted by atomic mass is 35.5. The summed E-state index contributed by atoms with van der Waals surface area (Å²) in [7, 11) is 0. The molecule has 0 unspecified atom stereocenters. The van der Waals surface area contributed by atoms with Crippen LogP contribution >= 0.6 is 22.9 Å². The van der Waals surface area contributed by atoms with Gasteiger partial charge in [0, 0.05) is 17.3 Å². The number of amides is 1. The molecule has 2 rings (SSSR count). The number of rotatable bonds is 3. The topological polar surface area (TPSA) is 64.0 Å². The fraction of sp³-hybridized carbons (Fsp3) is 0.182. The zero-order valence-corrected chi connectivity index (χ0v) is 11.1. The molecule has 0 aliphatic rings. The van der Waals surface area contributed by atoms with Gasteiger partial charge in [0.25, 0.3) is 0 Å². The summed E-state index contributed by atoms with van der Waals surface area (Å²) >= 11 is 6.76. The van der Waals surface area contributed by atoms with Gasteiger partial charge in [-0.2, -0.15) is 0 Å². The summed E-state index contributed by atoms with van der Waals surface area (Å²) in [6.07, 6.45) is 1.44. The monoisotopic (exact) mass is 283 g/mol. The molecule has 0 fully saturated rings. The number of carbonyl (C=O) groups is 1. The minimum absolute atomic E-state index is 0.0154. The van der Waals surface area contributed by atoms with E-state index in [-0.39, 0.29) is 17.3 Å². The second-order valence-corrected chi connectivity index (χ2v) is 4.90. The van der Waals surface area contributed by atoms with Crippen LogP contribution in [0, 0.1) is 6.92 Å². The van der Waals surface area contributed by atoms with E-state index in [1.807, 2.05) is 0 Å². The Hall–Kier alpha value is -1.66. The lowest BCUT2D eigenvalue weighted by Gasteiger charge is -2.05. The molecule has 5 nitrogen and oxygen atoms in total. The van der Waals surface area contributed by atoms with Crippen LogP contribution in [0.4, 0.5) is 5.82 Å². The number of carbonyl (C=O) groups excluding carboxylic acids is 1. The first-order chi connectivity index (χ1) is 8.56. The number of aryl methyl sites for hydroxylation is 1. The van der Waals surface area contributed by atoms with Gasteiger partial charge in [-0.25, -0.2) is 4.98 Å². The van der Waals surface area contributed by atoms with Crippen LogP contribution in [0.5, 0.6) is 0 Å². The van der Waals surface area contributed by atoms with Crippen LogP contribution in [0.3, 0.4) is 0 Å². The molecule has 94 valence electrons. The lowest BCUT2D eigenvalue weighted by atomic mass is 10.4. The molecule has 0 radical (unpaired) electrons. The van der Waals surface area contributed by atoms with Crippen LogP contribution in [0.15, 0.2) is 28.5 Å². The van der Waals surface area contributed by atoms with E-state index < -0.39 is 0 Å². The van der Waals surface area contributed by atoms with Crippen molar-refractivity contribution in [1.82, 2.24) is 9.55 Å². The summed E-state index contributed by atoms with van der Waals surface area (Å²) in [6, 6.07) is 3.23. The van der Waals surface area contributed by atoms with E-state index in [2.05, 4.69) is 10.3 Å². The number of anilines is 1. The second-order valence-electron chi connectivity index (χ2n) is 3.64. The normalized spacial score (nSPS) is 10.3. The number of nitrogens with zero attached hydrogens (tertiary/aromatic N) is 2. The molecule has 18 heavy (non-hydrogen) atoms. The van der Waals surface area contributed by atoms with Crippen molar-refractivity contribution in [3.05, 3.63) is 44.1 Å². The molecule has 2 heterocycles. The van der Waals surface area contributed by atoms with Crippen molar-refractivity contribution >= 4 is 34.7 Å². The Kier molecular flexibility index (Phi) is 3.78. The van der Waals surface area contributed by atoms with Crippen LogP contribution in [0.25, 0.3) is 0 Å². The van der Waals surface area contributed by atoms with Gasteiger partial charge in [0.05, 0.1) is 5.02 Å². The summed E-state index contributed by atoms with van der Waals surface area (Å²) in [6.45, 7) is 1.77. The maximum atomic E-state index is 11.7. The number of thiazole rings is 1. The van der Waals surface area contributed by atoms with Crippen molar-refractivity contribution in [2.45, 2.75) is 13.5 Å². The number of pyridine rings is 1. The van der Waals surface area contributed by atoms with Crippen LogP contribution in [0.1, 0.15) is 5.69 Å². The molecule has 0 bridgehead atoms. The molecular formula is C11H10ClN3O2S. The number of hydrogen-bond donors (Lipinski definition) is 1. The molecule has 1 amide bonds. The molecule has 0 aliphatic heterocycles. The van der Waals surface area contributed by atoms with E-state index >= 15 is 0 Å². The second kappa shape index (κ2) is 5.32. The Balaban J connectivity index is 2.05. The molecule has 1 N–H and O–H groups in total.